The Balaban J connectivity index is 0.000000591. The van der Waals surface area contributed by atoms with E-state index in [1.165, 1.54) is 0 Å². The number of carbonyl (C=O) groups excluding carboxylic acids is 1. The molecule has 0 bridgehead atoms. The number of benzene rings is 4. The van der Waals surface area contributed by atoms with Crippen LogP contribution in [0.4, 0.5) is 13.2 Å². The van der Waals surface area contributed by atoms with Gasteiger partial charge in [-0.2, -0.15) is 13.2 Å². The summed E-state index contributed by atoms with van der Waals surface area (Å²) < 4.78 is 39.8. The van der Waals surface area contributed by atoms with Crippen LogP contribution in [0.15, 0.2) is 109 Å². The number of carboxylic acid groups (broad SMARTS) is 1. The van der Waals surface area contributed by atoms with E-state index in [-0.39, 0.29) is 17.8 Å². The molecule has 1 aromatic heterocycles. The van der Waals surface area contributed by atoms with Crippen LogP contribution in [-0.2, 0) is 17.9 Å². The molecule has 232 valence electrons. The number of nitrogens with two attached hydrogens (primary N) is 1. The number of amidine groups is 1. The van der Waals surface area contributed by atoms with E-state index in [1.54, 1.807) is 0 Å². The highest BCUT2D eigenvalue weighted by Gasteiger charge is 2.38. The molecular weight excluding hydrogens is 585 g/mol. The number of fused-ring (bicyclic) bond motifs is 1. The van der Waals surface area contributed by atoms with Gasteiger partial charge in [0, 0.05) is 23.0 Å². The fourth-order valence-corrected chi connectivity index (χ4v) is 4.55. The van der Waals surface area contributed by atoms with Crippen molar-refractivity contribution < 1.29 is 32.6 Å². The summed E-state index contributed by atoms with van der Waals surface area (Å²) in [5.41, 5.74) is 10.9. The van der Waals surface area contributed by atoms with Crippen LogP contribution in [0.3, 0.4) is 0 Å². The van der Waals surface area contributed by atoms with Gasteiger partial charge >= 0.3 is 12.1 Å². The average molecular weight is 617 g/mol. The second kappa shape index (κ2) is 14.3. The summed E-state index contributed by atoms with van der Waals surface area (Å²) in [6, 6.07) is 35.1. The van der Waals surface area contributed by atoms with Crippen molar-refractivity contribution in [1.82, 2.24) is 9.88 Å². The molecule has 0 aliphatic heterocycles. The van der Waals surface area contributed by atoms with Gasteiger partial charge in [0.15, 0.2) is 0 Å². The first-order valence-corrected chi connectivity index (χ1v) is 13.8. The molecule has 0 unspecified atom stereocenters. The molecule has 5 N–H and O–H groups in total. The van der Waals surface area contributed by atoms with Crippen LogP contribution < -0.4 is 15.8 Å². The Hall–Kier alpha value is -5.58. The monoisotopic (exact) mass is 616 g/mol. The number of hydrogen-bond donors (Lipinski definition) is 4. The summed E-state index contributed by atoms with van der Waals surface area (Å²) in [6.45, 7) is 2.90. The van der Waals surface area contributed by atoms with Gasteiger partial charge in [0.25, 0.3) is 5.91 Å². The normalized spacial score (nSPS) is 11.6. The van der Waals surface area contributed by atoms with E-state index in [4.69, 9.17) is 25.8 Å². The average Bonchev–Trinajstić information content (AvgIpc) is 3.38. The number of rotatable bonds is 9. The van der Waals surface area contributed by atoms with Crippen LogP contribution in [-0.4, -0.2) is 33.6 Å². The molecule has 1 heterocycles. The second-order valence-electron chi connectivity index (χ2n) is 10.1. The molecule has 4 aromatic carbocycles. The molecule has 0 saturated carbocycles. The molecule has 1 amide bonds. The quantitative estimate of drug-likeness (QED) is 0.108. The number of nitrogen functional groups attached to an aromatic ring is 1. The lowest BCUT2D eigenvalue weighted by molar-refractivity contribution is -0.192. The van der Waals surface area contributed by atoms with Gasteiger partial charge in [-0.3, -0.25) is 10.2 Å². The maximum atomic E-state index is 13.6. The van der Waals surface area contributed by atoms with Crippen molar-refractivity contribution >= 4 is 28.6 Å². The SMILES string of the molecule is C[C@@H](NC(=O)c1cc2cc(OCc3ccccc3)ccc2n1Cc1cccc(C(=N)N)c1)c1ccccc1.O=C(O)C(F)(F)F. The Kier molecular flexibility index (Phi) is 10.2. The summed E-state index contributed by atoms with van der Waals surface area (Å²) in [5.74, 6) is -2.17. The summed E-state index contributed by atoms with van der Waals surface area (Å²) in [5, 5.41) is 19.0. The minimum absolute atomic E-state index is 0.0130. The third-order valence-corrected chi connectivity index (χ3v) is 6.82. The third-order valence-electron chi connectivity index (χ3n) is 6.82. The van der Waals surface area contributed by atoms with Crippen LogP contribution in [0.5, 0.6) is 5.75 Å². The fourth-order valence-electron chi connectivity index (χ4n) is 4.55. The predicted octanol–water partition coefficient (Wildman–Crippen LogP) is 6.68. The Labute approximate surface area is 257 Å². The number of ether oxygens (including phenoxy) is 1. The number of aromatic nitrogens is 1. The molecule has 1 atom stereocenters. The summed E-state index contributed by atoms with van der Waals surface area (Å²) in [7, 11) is 0. The van der Waals surface area contributed by atoms with Crippen molar-refractivity contribution in [2.24, 2.45) is 5.73 Å². The zero-order chi connectivity index (χ0) is 32.6. The zero-order valence-electron chi connectivity index (χ0n) is 24.2. The number of hydrogen-bond acceptors (Lipinski definition) is 4. The number of carboxylic acids is 1. The van der Waals surface area contributed by atoms with Crippen LogP contribution >= 0.6 is 0 Å². The van der Waals surface area contributed by atoms with E-state index >= 15 is 0 Å². The molecule has 0 fully saturated rings. The van der Waals surface area contributed by atoms with Gasteiger partial charge in [-0.1, -0.05) is 78.9 Å². The first kappa shape index (κ1) is 32.3. The topological polar surface area (TPSA) is 130 Å². The predicted molar refractivity (Wildman–Crippen MR) is 165 cm³/mol. The van der Waals surface area contributed by atoms with Gasteiger partial charge in [0.2, 0.25) is 0 Å². The number of amides is 1. The van der Waals surface area contributed by atoms with Gasteiger partial charge in [-0.15, -0.1) is 0 Å². The molecule has 0 aliphatic rings. The van der Waals surface area contributed by atoms with Crippen molar-refractivity contribution in [2.45, 2.75) is 32.3 Å². The van der Waals surface area contributed by atoms with Crippen LogP contribution in [0.1, 0.15) is 45.7 Å². The van der Waals surface area contributed by atoms with Gasteiger partial charge in [-0.05, 0) is 53.9 Å². The Morgan fingerprint density at radius 1 is 0.911 bits per heavy atom. The number of alkyl halides is 3. The van der Waals surface area contributed by atoms with Gasteiger partial charge in [0.1, 0.15) is 23.9 Å². The van der Waals surface area contributed by atoms with Crippen LogP contribution in [0.25, 0.3) is 10.9 Å². The van der Waals surface area contributed by atoms with E-state index in [0.29, 0.717) is 24.4 Å². The lowest BCUT2D eigenvalue weighted by Crippen LogP contribution is -2.28. The van der Waals surface area contributed by atoms with Crippen molar-refractivity contribution in [1.29, 1.82) is 5.41 Å². The van der Waals surface area contributed by atoms with E-state index in [1.807, 2.05) is 121 Å². The number of nitrogens with one attached hydrogen (secondary N) is 2. The zero-order valence-corrected chi connectivity index (χ0v) is 24.2. The van der Waals surface area contributed by atoms with Crippen molar-refractivity contribution in [3.05, 3.63) is 137 Å². The van der Waals surface area contributed by atoms with Crippen molar-refractivity contribution in [3.63, 3.8) is 0 Å². The molecule has 11 heteroatoms. The molecule has 0 saturated heterocycles. The highest BCUT2D eigenvalue weighted by Crippen LogP contribution is 2.27. The lowest BCUT2D eigenvalue weighted by Gasteiger charge is -2.16. The number of halogens is 3. The van der Waals surface area contributed by atoms with Gasteiger partial charge in [0.05, 0.1) is 6.04 Å². The molecule has 45 heavy (non-hydrogen) atoms. The summed E-state index contributed by atoms with van der Waals surface area (Å²) in [6.07, 6.45) is -5.08. The maximum Gasteiger partial charge on any atom is 0.490 e. The fraction of sp³-hybridized carbons (Fsp3) is 0.147. The summed E-state index contributed by atoms with van der Waals surface area (Å²) >= 11 is 0. The standard InChI is InChI=1S/C32H30N4O2.C2HF3O2/c1-22(25-12-6-3-7-13-25)35-32(37)30-19-27-18-28(38-21-23-9-4-2-5-10-23)15-16-29(27)36(30)20-24-11-8-14-26(17-24)31(33)34;3-2(4,5)1(6)7/h2-19,22H,20-21H2,1H3,(H3,33,34)(H,35,37);(H,6,7)/t22-;/m1./s1. The first-order chi connectivity index (χ1) is 21.4. The Morgan fingerprint density at radius 2 is 1.53 bits per heavy atom. The van der Waals surface area contributed by atoms with Crippen molar-refractivity contribution in [3.8, 4) is 5.75 Å². The number of nitrogens with zero attached hydrogens (tertiary/aromatic N) is 1. The minimum Gasteiger partial charge on any atom is -0.489 e. The highest BCUT2D eigenvalue weighted by atomic mass is 19.4. The van der Waals surface area contributed by atoms with Crippen LogP contribution in [0, 0.1) is 5.41 Å². The number of aliphatic carboxylic acids is 1. The molecule has 0 radical (unpaired) electrons. The first-order valence-electron chi connectivity index (χ1n) is 13.8. The molecule has 8 nitrogen and oxygen atoms in total. The van der Waals surface area contributed by atoms with E-state index < -0.39 is 12.1 Å². The van der Waals surface area contributed by atoms with Gasteiger partial charge < -0.3 is 25.5 Å². The summed E-state index contributed by atoms with van der Waals surface area (Å²) in [4.78, 5) is 22.5. The minimum atomic E-state index is -5.08. The second-order valence-corrected chi connectivity index (χ2v) is 10.1. The molecule has 0 aliphatic carbocycles. The molecule has 5 rings (SSSR count). The molecule has 0 spiro atoms. The lowest BCUT2D eigenvalue weighted by atomic mass is 10.1. The Morgan fingerprint density at radius 3 is 2.16 bits per heavy atom. The van der Waals surface area contributed by atoms with E-state index in [0.717, 1.165) is 33.3 Å². The number of carbonyl (C=O) groups is 2. The maximum absolute atomic E-state index is 13.6. The van der Waals surface area contributed by atoms with Crippen LogP contribution in [0.2, 0.25) is 0 Å². The van der Waals surface area contributed by atoms with E-state index in [9.17, 15) is 18.0 Å². The third kappa shape index (κ3) is 8.73. The van der Waals surface area contributed by atoms with Gasteiger partial charge in [-0.25, -0.2) is 4.79 Å². The Bertz CT molecular complexity index is 1790. The highest BCUT2D eigenvalue weighted by molar-refractivity contribution is 5.99. The van der Waals surface area contributed by atoms with Crippen molar-refractivity contribution in [2.75, 3.05) is 0 Å². The molecule has 5 aromatic rings. The van der Waals surface area contributed by atoms with E-state index in [2.05, 4.69) is 5.32 Å². The largest absolute Gasteiger partial charge is 0.490 e. The smallest absolute Gasteiger partial charge is 0.489 e. The molecular formula is C34H31F3N4O4.